The Morgan fingerprint density at radius 1 is 0.917 bits per heavy atom. The molecule has 0 spiro atoms. The van der Waals surface area contributed by atoms with Crippen molar-refractivity contribution in [1.29, 1.82) is 0 Å². The van der Waals surface area contributed by atoms with Crippen molar-refractivity contribution in [2.75, 3.05) is 25.9 Å². The fraction of sp³-hybridized carbons (Fsp3) is 0.286. The number of likely N-dealkylation sites (tertiary alicyclic amines) is 1. The number of sulfone groups is 1. The minimum Gasteiger partial charge on any atom is -0.352 e. The Bertz CT molecular complexity index is 1400. The molecule has 0 atom stereocenters. The molecule has 0 aromatic heterocycles. The molecule has 36 heavy (non-hydrogen) atoms. The second-order valence-corrected chi connectivity index (χ2v) is 11.6. The molecule has 188 valence electrons. The third-order valence-corrected chi connectivity index (χ3v) is 7.89. The van der Waals surface area contributed by atoms with E-state index >= 15 is 0 Å². The third kappa shape index (κ3) is 6.15. The molecule has 6 nitrogen and oxygen atoms in total. The van der Waals surface area contributed by atoms with E-state index in [0.29, 0.717) is 24.1 Å². The number of nitrogens with one attached hydrogen (secondary N) is 1. The Morgan fingerprint density at radius 3 is 2.25 bits per heavy atom. The molecule has 0 radical (unpaired) electrons. The zero-order valence-electron chi connectivity index (χ0n) is 20.4. The van der Waals surface area contributed by atoms with E-state index in [1.54, 1.807) is 24.3 Å². The summed E-state index contributed by atoms with van der Waals surface area (Å²) in [5, 5.41) is 3.07. The lowest BCUT2D eigenvalue weighted by Gasteiger charge is -2.17. The number of rotatable bonds is 7. The van der Waals surface area contributed by atoms with Crippen molar-refractivity contribution in [2.45, 2.75) is 31.1 Å². The van der Waals surface area contributed by atoms with Gasteiger partial charge in [0.1, 0.15) is 0 Å². The zero-order chi connectivity index (χ0) is 25.9. The Labute approximate surface area is 217 Å². The first-order valence-corrected chi connectivity index (χ1v) is 14.2. The van der Waals surface area contributed by atoms with Crippen molar-refractivity contribution in [1.82, 2.24) is 10.2 Å². The van der Waals surface area contributed by atoms with Gasteiger partial charge in [0.15, 0.2) is 9.84 Å². The van der Waals surface area contributed by atoms with E-state index in [0.717, 1.165) is 54.4 Å². The van der Waals surface area contributed by atoms with Gasteiger partial charge < -0.3 is 10.2 Å². The van der Waals surface area contributed by atoms with Gasteiger partial charge in [0.25, 0.3) is 11.8 Å². The van der Waals surface area contributed by atoms with Crippen LogP contribution in [0.2, 0.25) is 5.02 Å². The molecule has 3 aromatic carbocycles. The average molecular weight is 525 g/mol. The van der Waals surface area contributed by atoms with Crippen LogP contribution >= 0.6 is 11.6 Å². The van der Waals surface area contributed by atoms with E-state index < -0.39 is 9.84 Å². The molecule has 0 saturated carbocycles. The van der Waals surface area contributed by atoms with Crippen molar-refractivity contribution in [3.63, 3.8) is 0 Å². The number of hydrogen-bond acceptors (Lipinski definition) is 4. The number of aryl methyl sites for hydroxylation is 1. The largest absolute Gasteiger partial charge is 0.352 e. The standard InChI is InChI=1S/C28H29ClN2O4S/c1-19-5-8-21(9-6-19)22-16-23(18-24(17-22)28(33)31-13-3-4-14-31)27(32)30-12-11-20-7-10-25(29)26(15-20)36(2,34)35/h5-10,15-18H,3-4,11-14H2,1-2H3,(H,30,32). The van der Waals surface area contributed by atoms with Crippen LogP contribution in [0, 0.1) is 6.92 Å². The van der Waals surface area contributed by atoms with Crippen molar-refractivity contribution in [2.24, 2.45) is 0 Å². The first-order valence-electron chi connectivity index (χ1n) is 11.9. The van der Waals surface area contributed by atoms with Crippen LogP contribution in [0.1, 0.15) is 44.7 Å². The van der Waals surface area contributed by atoms with Gasteiger partial charge in [-0.15, -0.1) is 0 Å². The van der Waals surface area contributed by atoms with Crippen LogP contribution in [0.4, 0.5) is 0 Å². The number of carbonyl (C=O) groups is 2. The van der Waals surface area contributed by atoms with Gasteiger partial charge in [-0.25, -0.2) is 8.42 Å². The van der Waals surface area contributed by atoms with E-state index in [1.165, 1.54) is 6.07 Å². The molecule has 4 rings (SSSR count). The maximum atomic E-state index is 13.1. The molecule has 1 saturated heterocycles. The molecule has 3 aromatic rings. The molecule has 1 aliphatic heterocycles. The minimum absolute atomic E-state index is 0.0648. The Hall–Kier alpha value is -3.16. The van der Waals surface area contributed by atoms with Crippen LogP contribution in [-0.4, -0.2) is 51.0 Å². The van der Waals surface area contributed by atoms with Crippen molar-refractivity contribution in [3.05, 3.63) is 87.9 Å². The Balaban J connectivity index is 1.55. The first-order chi connectivity index (χ1) is 17.1. The molecule has 1 fully saturated rings. The van der Waals surface area contributed by atoms with E-state index in [2.05, 4.69) is 5.32 Å². The van der Waals surface area contributed by atoms with E-state index in [1.807, 2.05) is 42.2 Å². The SMILES string of the molecule is Cc1ccc(-c2cc(C(=O)NCCc3ccc(Cl)c(S(C)(=O)=O)c3)cc(C(=O)N3CCCC3)c2)cc1. The highest BCUT2D eigenvalue weighted by atomic mass is 35.5. The smallest absolute Gasteiger partial charge is 0.253 e. The van der Waals surface area contributed by atoms with Gasteiger partial charge in [-0.1, -0.05) is 47.5 Å². The maximum Gasteiger partial charge on any atom is 0.253 e. The van der Waals surface area contributed by atoms with Crippen molar-refractivity contribution >= 4 is 33.3 Å². The van der Waals surface area contributed by atoms with Crippen LogP contribution < -0.4 is 5.32 Å². The topological polar surface area (TPSA) is 83.5 Å². The number of carbonyl (C=O) groups excluding carboxylic acids is 2. The van der Waals surface area contributed by atoms with E-state index in [4.69, 9.17) is 11.6 Å². The summed E-state index contributed by atoms with van der Waals surface area (Å²) in [4.78, 5) is 28.1. The second kappa shape index (κ2) is 10.8. The van der Waals surface area contributed by atoms with Gasteiger partial charge in [0.05, 0.1) is 9.92 Å². The van der Waals surface area contributed by atoms with Crippen LogP contribution in [0.15, 0.2) is 65.6 Å². The summed E-state index contributed by atoms with van der Waals surface area (Å²) in [6, 6.07) is 18.1. The van der Waals surface area contributed by atoms with Gasteiger partial charge in [-0.2, -0.15) is 0 Å². The predicted octanol–water partition coefficient (Wildman–Crippen LogP) is 4.93. The molecule has 0 bridgehead atoms. The molecule has 0 aliphatic carbocycles. The average Bonchev–Trinajstić information content (AvgIpc) is 3.39. The first kappa shape index (κ1) is 25.9. The lowest BCUT2D eigenvalue weighted by atomic mass is 9.98. The molecule has 1 N–H and O–H groups in total. The van der Waals surface area contributed by atoms with Gasteiger partial charge in [-0.3, -0.25) is 9.59 Å². The molecular formula is C28H29ClN2O4S. The highest BCUT2D eigenvalue weighted by Crippen LogP contribution is 2.25. The molecule has 8 heteroatoms. The fourth-order valence-corrected chi connectivity index (χ4v) is 5.63. The molecular weight excluding hydrogens is 496 g/mol. The Kier molecular flexibility index (Phi) is 7.81. The summed E-state index contributed by atoms with van der Waals surface area (Å²) in [6.45, 7) is 3.76. The minimum atomic E-state index is -3.45. The molecule has 0 unspecified atom stereocenters. The molecule has 2 amide bonds. The number of benzene rings is 3. The highest BCUT2D eigenvalue weighted by molar-refractivity contribution is 7.90. The number of hydrogen-bond donors (Lipinski definition) is 1. The lowest BCUT2D eigenvalue weighted by molar-refractivity contribution is 0.0793. The van der Waals surface area contributed by atoms with Crippen molar-refractivity contribution in [3.8, 4) is 11.1 Å². The summed E-state index contributed by atoms with van der Waals surface area (Å²) in [5.74, 6) is -0.360. The highest BCUT2D eigenvalue weighted by Gasteiger charge is 2.22. The van der Waals surface area contributed by atoms with E-state index in [9.17, 15) is 18.0 Å². The summed E-state index contributed by atoms with van der Waals surface area (Å²) in [5.41, 5.74) is 4.51. The maximum absolute atomic E-state index is 13.1. The normalized spacial score (nSPS) is 13.6. The second-order valence-electron chi connectivity index (χ2n) is 9.21. The van der Waals surface area contributed by atoms with Crippen molar-refractivity contribution < 1.29 is 18.0 Å². The molecule has 1 aliphatic rings. The predicted molar refractivity (Wildman–Crippen MR) is 142 cm³/mol. The summed E-state index contributed by atoms with van der Waals surface area (Å²) in [7, 11) is -3.45. The Morgan fingerprint density at radius 2 is 1.58 bits per heavy atom. The van der Waals surface area contributed by atoms with Crippen LogP contribution in [0.5, 0.6) is 0 Å². The lowest BCUT2D eigenvalue weighted by Crippen LogP contribution is -2.29. The zero-order valence-corrected chi connectivity index (χ0v) is 22.0. The molecule has 1 heterocycles. The van der Waals surface area contributed by atoms with Gasteiger partial charge in [0.2, 0.25) is 0 Å². The fourth-order valence-electron chi connectivity index (χ4n) is 4.31. The van der Waals surface area contributed by atoms with E-state index in [-0.39, 0.29) is 21.7 Å². The number of halogens is 1. The van der Waals surface area contributed by atoms with Gasteiger partial charge in [-0.05, 0) is 73.2 Å². The van der Waals surface area contributed by atoms with Crippen LogP contribution in [-0.2, 0) is 16.3 Å². The summed E-state index contributed by atoms with van der Waals surface area (Å²) in [6.07, 6.45) is 3.52. The summed E-state index contributed by atoms with van der Waals surface area (Å²) < 4.78 is 23.9. The van der Waals surface area contributed by atoms with Gasteiger partial charge in [0, 0.05) is 37.0 Å². The monoisotopic (exact) mass is 524 g/mol. The number of amides is 2. The summed E-state index contributed by atoms with van der Waals surface area (Å²) >= 11 is 6.03. The van der Waals surface area contributed by atoms with Gasteiger partial charge >= 0.3 is 0 Å². The number of nitrogens with zero attached hydrogens (tertiary/aromatic N) is 1. The third-order valence-electron chi connectivity index (χ3n) is 6.31. The van der Waals surface area contributed by atoms with Crippen LogP contribution in [0.3, 0.4) is 0 Å². The van der Waals surface area contributed by atoms with Crippen LogP contribution in [0.25, 0.3) is 11.1 Å². The quantitative estimate of drug-likeness (QED) is 0.475.